The Balaban J connectivity index is 1.31. The molecule has 0 N–H and O–H groups in total. The molecule has 3 rings (SSSR count). The maximum atomic E-state index is 2.72. The van der Waals surface area contributed by atoms with Gasteiger partial charge in [-0.2, -0.15) is 0 Å². The first kappa shape index (κ1) is 12.9. The van der Waals surface area contributed by atoms with Crippen molar-refractivity contribution < 1.29 is 0 Å². The Hall–Kier alpha value is -0.120. The molecule has 3 saturated heterocycles. The molecule has 3 heteroatoms. The number of rotatable bonds is 4. The standard InChI is InChI=1S/C15H29N3/c1-3-17-6-4-13(5-7-17)8-18-11-15(12-18)14-9-16(2)10-14/h13-15H,3-12H2,1-2H3. The van der Waals surface area contributed by atoms with E-state index in [0.717, 1.165) is 17.8 Å². The van der Waals surface area contributed by atoms with Gasteiger partial charge < -0.3 is 14.7 Å². The summed E-state index contributed by atoms with van der Waals surface area (Å²) in [5.41, 5.74) is 0. The Labute approximate surface area is 112 Å². The van der Waals surface area contributed by atoms with E-state index in [1.54, 1.807) is 0 Å². The summed E-state index contributed by atoms with van der Waals surface area (Å²) in [5, 5.41) is 0. The SMILES string of the molecule is CCN1CCC(CN2CC(C3CN(C)C3)C2)CC1. The molecule has 0 aromatic carbocycles. The second kappa shape index (κ2) is 5.48. The zero-order valence-electron chi connectivity index (χ0n) is 12.1. The van der Waals surface area contributed by atoms with Crippen LogP contribution < -0.4 is 0 Å². The third-order valence-corrected chi connectivity index (χ3v) is 5.42. The highest BCUT2D eigenvalue weighted by Gasteiger charge is 2.39. The van der Waals surface area contributed by atoms with Gasteiger partial charge in [0.1, 0.15) is 0 Å². The van der Waals surface area contributed by atoms with Crippen LogP contribution in [-0.4, -0.2) is 74.1 Å². The van der Waals surface area contributed by atoms with Crippen molar-refractivity contribution in [1.82, 2.24) is 14.7 Å². The maximum absolute atomic E-state index is 2.72. The minimum Gasteiger partial charge on any atom is -0.306 e. The average Bonchev–Trinajstić information content (AvgIpc) is 2.31. The van der Waals surface area contributed by atoms with Crippen molar-refractivity contribution in [2.45, 2.75) is 19.8 Å². The summed E-state index contributed by atoms with van der Waals surface area (Å²) in [4.78, 5) is 7.77. The van der Waals surface area contributed by atoms with Crippen molar-refractivity contribution in [2.24, 2.45) is 17.8 Å². The second-order valence-electron chi connectivity index (χ2n) is 6.84. The summed E-state index contributed by atoms with van der Waals surface area (Å²) in [7, 11) is 2.24. The van der Waals surface area contributed by atoms with E-state index < -0.39 is 0 Å². The zero-order chi connectivity index (χ0) is 12.5. The van der Waals surface area contributed by atoms with Gasteiger partial charge in [0.25, 0.3) is 0 Å². The molecule has 3 heterocycles. The van der Waals surface area contributed by atoms with E-state index in [1.807, 2.05) is 0 Å². The smallest absolute Gasteiger partial charge is 0.00258 e. The van der Waals surface area contributed by atoms with E-state index in [9.17, 15) is 0 Å². The monoisotopic (exact) mass is 251 g/mol. The number of hydrogen-bond donors (Lipinski definition) is 0. The van der Waals surface area contributed by atoms with E-state index >= 15 is 0 Å². The molecule has 0 aliphatic carbocycles. The van der Waals surface area contributed by atoms with Crippen LogP contribution in [0.25, 0.3) is 0 Å². The van der Waals surface area contributed by atoms with Gasteiger partial charge in [-0.3, -0.25) is 0 Å². The van der Waals surface area contributed by atoms with Crippen molar-refractivity contribution in [2.75, 3.05) is 59.4 Å². The normalized spacial score (nSPS) is 30.3. The van der Waals surface area contributed by atoms with Gasteiger partial charge in [-0.1, -0.05) is 6.92 Å². The van der Waals surface area contributed by atoms with Crippen molar-refractivity contribution in [3.8, 4) is 0 Å². The van der Waals surface area contributed by atoms with E-state index in [2.05, 4.69) is 28.7 Å². The van der Waals surface area contributed by atoms with Crippen LogP contribution in [0.4, 0.5) is 0 Å². The summed E-state index contributed by atoms with van der Waals surface area (Å²) in [6, 6.07) is 0. The van der Waals surface area contributed by atoms with Crippen LogP contribution in [0.3, 0.4) is 0 Å². The van der Waals surface area contributed by atoms with Crippen LogP contribution in [0.1, 0.15) is 19.8 Å². The minimum atomic E-state index is 0.984. The van der Waals surface area contributed by atoms with Gasteiger partial charge in [0, 0.05) is 32.7 Å². The predicted molar refractivity (Wildman–Crippen MR) is 75.8 cm³/mol. The molecular weight excluding hydrogens is 222 g/mol. The zero-order valence-corrected chi connectivity index (χ0v) is 12.1. The molecule has 3 nitrogen and oxygen atoms in total. The molecule has 0 atom stereocenters. The Morgan fingerprint density at radius 3 is 2.06 bits per heavy atom. The summed E-state index contributed by atoms with van der Waals surface area (Å²) >= 11 is 0. The van der Waals surface area contributed by atoms with Crippen molar-refractivity contribution in [3.05, 3.63) is 0 Å². The highest BCUT2D eigenvalue weighted by Crippen LogP contribution is 2.31. The van der Waals surface area contributed by atoms with Gasteiger partial charge in [0.05, 0.1) is 0 Å². The van der Waals surface area contributed by atoms with E-state index in [4.69, 9.17) is 0 Å². The maximum Gasteiger partial charge on any atom is 0.00258 e. The molecule has 0 saturated carbocycles. The molecular formula is C15H29N3. The number of hydrogen-bond acceptors (Lipinski definition) is 3. The Kier molecular flexibility index (Phi) is 3.92. The largest absolute Gasteiger partial charge is 0.306 e. The predicted octanol–water partition coefficient (Wildman–Crippen LogP) is 1.21. The van der Waals surface area contributed by atoms with Gasteiger partial charge in [-0.15, -0.1) is 0 Å². The lowest BCUT2D eigenvalue weighted by molar-refractivity contribution is -0.0211. The average molecular weight is 251 g/mol. The second-order valence-corrected chi connectivity index (χ2v) is 6.84. The van der Waals surface area contributed by atoms with E-state index in [-0.39, 0.29) is 0 Å². The molecule has 0 amide bonds. The first-order chi connectivity index (χ1) is 8.74. The molecule has 0 spiro atoms. The number of likely N-dealkylation sites (tertiary alicyclic amines) is 3. The molecule has 0 bridgehead atoms. The van der Waals surface area contributed by atoms with Crippen LogP contribution in [0, 0.1) is 17.8 Å². The highest BCUT2D eigenvalue weighted by molar-refractivity contribution is 4.92. The fourth-order valence-electron chi connectivity index (χ4n) is 3.95. The Bertz CT molecular complexity index is 261. The van der Waals surface area contributed by atoms with Crippen LogP contribution in [-0.2, 0) is 0 Å². The summed E-state index contributed by atoms with van der Waals surface area (Å²) in [5.74, 6) is 3.03. The van der Waals surface area contributed by atoms with Crippen LogP contribution in [0.2, 0.25) is 0 Å². The molecule has 0 radical (unpaired) electrons. The third kappa shape index (κ3) is 2.73. The molecule has 104 valence electrons. The fraction of sp³-hybridized carbons (Fsp3) is 1.00. The Morgan fingerprint density at radius 2 is 1.50 bits per heavy atom. The minimum absolute atomic E-state index is 0.984. The molecule has 0 aromatic heterocycles. The Morgan fingerprint density at radius 1 is 0.889 bits per heavy atom. The topological polar surface area (TPSA) is 9.72 Å². The summed E-state index contributed by atoms with van der Waals surface area (Å²) in [6.07, 6.45) is 2.86. The van der Waals surface area contributed by atoms with Gasteiger partial charge in [-0.05, 0) is 57.3 Å². The van der Waals surface area contributed by atoms with Crippen molar-refractivity contribution >= 4 is 0 Å². The summed E-state index contributed by atoms with van der Waals surface area (Å²) in [6.45, 7) is 13.1. The lowest BCUT2D eigenvalue weighted by Crippen LogP contribution is -2.59. The molecule has 3 fully saturated rings. The van der Waals surface area contributed by atoms with Gasteiger partial charge >= 0.3 is 0 Å². The highest BCUT2D eigenvalue weighted by atomic mass is 15.2. The van der Waals surface area contributed by atoms with Gasteiger partial charge in [-0.25, -0.2) is 0 Å². The fourth-order valence-corrected chi connectivity index (χ4v) is 3.95. The van der Waals surface area contributed by atoms with Crippen LogP contribution in [0.15, 0.2) is 0 Å². The number of piperidine rings is 1. The van der Waals surface area contributed by atoms with Crippen LogP contribution in [0.5, 0.6) is 0 Å². The van der Waals surface area contributed by atoms with Gasteiger partial charge in [0.2, 0.25) is 0 Å². The van der Waals surface area contributed by atoms with Crippen molar-refractivity contribution in [1.29, 1.82) is 0 Å². The van der Waals surface area contributed by atoms with Crippen LogP contribution >= 0.6 is 0 Å². The van der Waals surface area contributed by atoms with Gasteiger partial charge in [0.15, 0.2) is 0 Å². The lowest BCUT2D eigenvalue weighted by atomic mass is 9.80. The number of nitrogens with zero attached hydrogens (tertiary/aromatic N) is 3. The quantitative estimate of drug-likeness (QED) is 0.744. The van der Waals surface area contributed by atoms with E-state index in [0.29, 0.717) is 0 Å². The molecule has 0 unspecified atom stereocenters. The van der Waals surface area contributed by atoms with E-state index in [1.165, 1.54) is 65.2 Å². The molecule has 3 aliphatic rings. The van der Waals surface area contributed by atoms with Crippen molar-refractivity contribution in [3.63, 3.8) is 0 Å². The molecule has 0 aromatic rings. The third-order valence-electron chi connectivity index (χ3n) is 5.42. The first-order valence-electron chi connectivity index (χ1n) is 7.88. The summed E-state index contributed by atoms with van der Waals surface area (Å²) < 4.78 is 0. The molecule has 3 aliphatic heterocycles. The first-order valence-corrected chi connectivity index (χ1v) is 7.88. The lowest BCUT2D eigenvalue weighted by Gasteiger charge is -2.51. The molecule has 18 heavy (non-hydrogen) atoms.